The Labute approximate surface area is 180 Å². The molecule has 1 atom stereocenters. The summed E-state index contributed by atoms with van der Waals surface area (Å²) in [6.45, 7) is 3.90. The minimum atomic E-state index is -0.351. The average Bonchev–Trinajstić information content (AvgIpc) is 3.23. The highest BCUT2D eigenvalue weighted by atomic mass is 32.2. The third-order valence-corrected chi connectivity index (χ3v) is 5.67. The van der Waals surface area contributed by atoms with Crippen LogP contribution in [0.2, 0.25) is 0 Å². The van der Waals surface area contributed by atoms with Crippen LogP contribution in [-0.4, -0.2) is 26.3 Å². The molecule has 5 nitrogen and oxygen atoms in total. The number of amides is 1. The number of thioether (sulfide) groups is 1. The van der Waals surface area contributed by atoms with Crippen molar-refractivity contribution >= 4 is 23.4 Å². The van der Waals surface area contributed by atoms with E-state index in [0.717, 1.165) is 22.4 Å². The average molecular weight is 415 g/mol. The lowest BCUT2D eigenvalue weighted by molar-refractivity contribution is -0.115. The SMILES string of the molecule is Cc1ccc(-c2nc(S[C@H](C)C(=O)Nc3ccccc3-c3ccccc3)n[nH]2)cc1. The fourth-order valence-electron chi connectivity index (χ4n) is 3.05. The number of carbonyl (C=O) groups is 1. The number of para-hydroxylation sites is 1. The number of aryl methyl sites for hydroxylation is 1. The molecule has 0 spiro atoms. The first-order valence-corrected chi connectivity index (χ1v) is 10.6. The molecule has 2 N–H and O–H groups in total. The second-order valence-corrected chi connectivity index (χ2v) is 8.30. The molecule has 4 rings (SSSR count). The zero-order chi connectivity index (χ0) is 20.9. The highest BCUT2D eigenvalue weighted by Gasteiger charge is 2.19. The van der Waals surface area contributed by atoms with E-state index < -0.39 is 0 Å². The molecule has 0 unspecified atom stereocenters. The largest absolute Gasteiger partial charge is 0.325 e. The maximum absolute atomic E-state index is 12.8. The summed E-state index contributed by atoms with van der Waals surface area (Å²) in [5, 5.41) is 10.5. The zero-order valence-electron chi connectivity index (χ0n) is 16.8. The lowest BCUT2D eigenvalue weighted by atomic mass is 10.0. The van der Waals surface area contributed by atoms with Gasteiger partial charge in [-0.05, 0) is 25.5 Å². The van der Waals surface area contributed by atoms with Gasteiger partial charge in [0.2, 0.25) is 11.1 Å². The standard InChI is InChI=1S/C24H22N4OS/c1-16-12-14-19(15-13-16)22-26-24(28-27-22)30-17(2)23(29)25-21-11-7-6-10-20(21)18-8-4-3-5-9-18/h3-15,17H,1-2H3,(H,25,29)(H,26,27,28)/t17-/m1/s1. The Morgan fingerprint density at radius 3 is 2.40 bits per heavy atom. The van der Waals surface area contributed by atoms with Crippen LogP contribution in [0.3, 0.4) is 0 Å². The molecular formula is C24H22N4OS. The smallest absolute Gasteiger partial charge is 0.237 e. The Bertz CT molecular complexity index is 1140. The van der Waals surface area contributed by atoms with Gasteiger partial charge < -0.3 is 5.32 Å². The third-order valence-electron chi connectivity index (χ3n) is 4.71. The van der Waals surface area contributed by atoms with E-state index in [2.05, 4.69) is 20.5 Å². The molecule has 0 fully saturated rings. The topological polar surface area (TPSA) is 70.7 Å². The van der Waals surface area contributed by atoms with E-state index in [0.29, 0.717) is 11.0 Å². The Morgan fingerprint density at radius 1 is 0.933 bits per heavy atom. The molecule has 1 amide bonds. The molecule has 30 heavy (non-hydrogen) atoms. The van der Waals surface area contributed by atoms with Crippen LogP contribution in [0.25, 0.3) is 22.5 Å². The number of anilines is 1. The van der Waals surface area contributed by atoms with Crippen molar-refractivity contribution in [3.8, 4) is 22.5 Å². The van der Waals surface area contributed by atoms with E-state index in [1.165, 1.54) is 17.3 Å². The molecule has 0 aliphatic heterocycles. The van der Waals surface area contributed by atoms with Crippen LogP contribution in [0.4, 0.5) is 5.69 Å². The van der Waals surface area contributed by atoms with Gasteiger partial charge in [0.1, 0.15) is 0 Å². The molecule has 1 aromatic heterocycles. The number of rotatable bonds is 6. The molecule has 6 heteroatoms. The monoisotopic (exact) mass is 414 g/mol. The molecule has 0 radical (unpaired) electrons. The second-order valence-electron chi connectivity index (χ2n) is 6.99. The fraction of sp³-hybridized carbons (Fsp3) is 0.125. The predicted molar refractivity (Wildman–Crippen MR) is 122 cm³/mol. The summed E-state index contributed by atoms with van der Waals surface area (Å²) in [5.41, 5.74) is 4.99. The third kappa shape index (κ3) is 4.60. The highest BCUT2D eigenvalue weighted by molar-refractivity contribution is 8.00. The van der Waals surface area contributed by atoms with Crippen molar-refractivity contribution in [3.63, 3.8) is 0 Å². The molecule has 0 saturated carbocycles. The maximum Gasteiger partial charge on any atom is 0.237 e. The number of hydrogen-bond acceptors (Lipinski definition) is 4. The Hall–Kier alpha value is -3.38. The number of hydrogen-bond donors (Lipinski definition) is 2. The van der Waals surface area contributed by atoms with Crippen molar-refractivity contribution in [2.45, 2.75) is 24.3 Å². The van der Waals surface area contributed by atoms with E-state index in [1.807, 2.05) is 92.7 Å². The summed E-state index contributed by atoms with van der Waals surface area (Å²) in [7, 11) is 0. The number of nitrogens with zero attached hydrogens (tertiary/aromatic N) is 2. The highest BCUT2D eigenvalue weighted by Crippen LogP contribution is 2.29. The Morgan fingerprint density at radius 2 is 1.63 bits per heavy atom. The molecular weight excluding hydrogens is 392 g/mol. The van der Waals surface area contributed by atoms with Crippen LogP contribution < -0.4 is 5.32 Å². The quantitative estimate of drug-likeness (QED) is 0.405. The molecule has 0 aliphatic rings. The minimum Gasteiger partial charge on any atom is -0.325 e. The summed E-state index contributed by atoms with van der Waals surface area (Å²) < 4.78 is 0. The van der Waals surface area contributed by atoms with E-state index >= 15 is 0 Å². The van der Waals surface area contributed by atoms with Crippen LogP contribution in [0.15, 0.2) is 84.0 Å². The first-order valence-electron chi connectivity index (χ1n) is 9.71. The number of carbonyl (C=O) groups excluding carboxylic acids is 1. The van der Waals surface area contributed by atoms with Gasteiger partial charge in [-0.15, -0.1) is 5.10 Å². The summed E-state index contributed by atoms with van der Waals surface area (Å²) in [6.07, 6.45) is 0. The van der Waals surface area contributed by atoms with Gasteiger partial charge in [-0.2, -0.15) is 0 Å². The normalized spacial score (nSPS) is 11.8. The van der Waals surface area contributed by atoms with Gasteiger partial charge in [-0.25, -0.2) is 4.98 Å². The van der Waals surface area contributed by atoms with E-state index in [-0.39, 0.29) is 11.2 Å². The van der Waals surface area contributed by atoms with Crippen molar-refractivity contribution in [2.24, 2.45) is 0 Å². The molecule has 1 heterocycles. The molecule has 0 saturated heterocycles. The Kier molecular flexibility index (Phi) is 5.95. The van der Waals surface area contributed by atoms with E-state index in [4.69, 9.17) is 0 Å². The summed E-state index contributed by atoms with van der Waals surface area (Å²) in [6, 6.07) is 25.9. The molecule has 150 valence electrons. The van der Waals surface area contributed by atoms with Crippen molar-refractivity contribution < 1.29 is 4.79 Å². The van der Waals surface area contributed by atoms with Gasteiger partial charge in [0.05, 0.1) is 5.25 Å². The van der Waals surface area contributed by atoms with Gasteiger partial charge in [0, 0.05) is 16.8 Å². The van der Waals surface area contributed by atoms with Crippen LogP contribution in [0.5, 0.6) is 0 Å². The van der Waals surface area contributed by atoms with Crippen LogP contribution >= 0.6 is 11.8 Å². The first-order chi connectivity index (χ1) is 14.6. The Balaban J connectivity index is 1.45. The second kappa shape index (κ2) is 8.97. The number of aromatic nitrogens is 3. The number of benzene rings is 3. The van der Waals surface area contributed by atoms with Gasteiger partial charge >= 0.3 is 0 Å². The minimum absolute atomic E-state index is 0.0925. The van der Waals surface area contributed by atoms with Crippen LogP contribution in [0.1, 0.15) is 12.5 Å². The van der Waals surface area contributed by atoms with Crippen molar-refractivity contribution in [3.05, 3.63) is 84.4 Å². The summed E-state index contributed by atoms with van der Waals surface area (Å²) in [4.78, 5) is 17.3. The molecule has 4 aromatic rings. The summed E-state index contributed by atoms with van der Waals surface area (Å²) >= 11 is 1.33. The number of aromatic amines is 1. The van der Waals surface area contributed by atoms with Gasteiger partial charge in [-0.1, -0.05) is 90.1 Å². The lowest BCUT2D eigenvalue weighted by Crippen LogP contribution is -2.22. The van der Waals surface area contributed by atoms with Crippen molar-refractivity contribution in [2.75, 3.05) is 5.32 Å². The number of nitrogens with one attached hydrogen (secondary N) is 2. The predicted octanol–water partition coefficient (Wildman–Crippen LogP) is 5.57. The van der Waals surface area contributed by atoms with E-state index in [9.17, 15) is 4.79 Å². The van der Waals surface area contributed by atoms with Crippen LogP contribution in [0, 0.1) is 6.92 Å². The molecule has 0 aliphatic carbocycles. The van der Waals surface area contributed by atoms with Crippen molar-refractivity contribution in [1.29, 1.82) is 0 Å². The number of H-pyrrole nitrogens is 1. The van der Waals surface area contributed by atoms with Crippen LogP contribution in [-0.2, 0) is 4.79 Å². The zero-order valence-corrected chi connectivity index (χ0v) is 17.6. The van der Waals surface area contributed by atoms with Gasteiger partial charge in [0.15, 0.2) is 5.82 Å². The van der Waals surface area contributed by atoms with Gasteiger partial charge in [0.25, 0.3) is 0 Å². The maximum atomic E-state index is 12.8. The van der Waals surface area contributed by atoms with Crippen molar-refractivity contribution in [1.82, 2.24) is 15.2 Å². The molecule has 3 aromatic carbocycles. The fourth-order valence-corrected chi connectivity index (χ4v) is 3.77. The lowest BCUT2D eigenvalue weighted by Gasteiger charge is -2.14. The summed E-state index contributed by atoms with van der Waals surface area (Å²) in [5.74, 6) is 0.601. The van der Waals surface area contributed by atoms with E-state index in [1.54, 1.807) is 0 Å². The first kappa shape index (κ1) is 19.9. The van der Waals surface area contributed by atoms with Gasteiger partial charge in [-0.3, -0.25) is 9.89 Å². The molecule has 0 bridgehead atoms.